The number of rotatable bonds is 6. The summed E-state index contributed by atoms with van der Waals surface area (Å²) in [6.45, 7) is 0. The number of nitrogens with two attached hydrogens (primary N) is 1. The van der Waals surface area contributed by atoms with Gasteiger partial charge in [-0.2, -0.15) is 0 Å². The highest BCUT2D eigenvalue weighted by molar-refractivity contribution is 7.99. The Morgan fingerprint density at radius 3 is 2.45 bits per heavy atom. The summed E-state index contributed by atoms with van der Waals surface area (Å²) in [5.74, 6) is 6.52. The summed E-state index contributed by atoms with van der Waals surface area (Å²) < 4.78 is 0. The van der Waals surface area contributed by atoms with Gasteiger partial charge < -0.3 is 0 Å². The first kappa shape index (κ1) is 15.7. The van der Waals surface area contributed by atoms with Crippen LogP contribution in [0.1, 0.15) is 5.56 Å². The molecule has 20 heavy (non-hydrogen) atoms. The number of nitrogens with one attached hydrogen (secondary N) is 1. The van der Waals surface area contributed by atoms with E-state index in [0.717, 1.165) is 17.7 Å². The van der Waals surface area contributed by atoms with E-state index < -0.39 is 0 Å². The zero-order valence-corrected chi connectivity index (χ0v) is 13.2. The standard InChI is InChI=1S/C15H16Cl2N2S/c16-14-7-6-11(9-15(14)17)8-12(19-18)10-20-13-4-2-1-3-5-13/h1-7,9,12,19H,8,10,18H2. The van der Waals surface area contributed by atoms with E-state index in [0.29, 0.717) is 10.0 Å². The van der Waals surface area contributed by atoms with E-state index >= 15 is 0 Å². The summed E-state index contributed by atoms with van der Waals surface area (Å²) >= 11 is 13.7. The highest BCUT2D eigenvalue weighted by atomic mass is 35.5. The van der Waals surface area contributed by atoms with Crippen LogP contribution in [0.5, 0.6) is 0 Å². The molecule has 1 atom stereocenters. The van der Waals surface area contributed by atoms with Crippen LogP contribution < -0.4 is 11.3 Å². The van der Waals surface area contributed by atoms with Crippen LogP contribution in [-0.4, -0.2) is 11.8 Å². The fourth-order valence-corrected chi connectivity index (χ4v) is 3.11. The number of hydrazine groups is 1. The molecule has 0 saturated carbocycles. The predicted octanol–water partition coefficient (Wildman–Crippen LogP) is 4.16. The molecule has 0 spiro atoms. The van der Waals surface area contributed by atoms with Gasteiger partial charge >= 0.3 is 0 Å². The zero-order valence-electron chi connectivity index (χ0n) is 10.9. The second-order valence-corrected chi connectivity index (χ2v) is 6.35. The van der Waals surface area contributed by atoms with Gasteiger partial charge in [-0.25, -0.2) is 0 Å². The molecule has 0 aliphatic heterocycles. The van der Waals surface area contributed by atoms with E-state index in [4.69, 9.17) is 29.0 Å². The van der Waals surface area contributed by atoms with Gasteiger partial charge in [0.15, 0.2) is 0 Å². The van der Waals surface area contributed by atoms with Crippen molar-refractivity contribution < 1.29 is 0 Å². The summed E-state index contributed by atoms with van der Waals surface area (Å²) in [7, 11) is 0. The minimum Gasteiger partial charge on any atom is -0.271 e. The Kier molecular flexibility index (Phi) is 6.20. The fourth-order valence-electron chi connectivity index (χ4n) is 1.83. The van der Waals surface area contributed by atoms with Crippen LogP contribution in [0.3, 0.4) is 0 Å². The van der Waals surface area contributed by atoms with Crippen LogP contribution >= 0.6 is 35.0 Å². The van der Waals surface area contributed by atoms with Gasteiger partial charge in [0.05, 0.1) is 10.0 Å². The number of benzene rings is 2. The second-order valence-electron chi connectivity index (χ2n) is 4.44. The SMILES string of the molecule is NNC(CSc1ccccc1)Cc1ccc(Cl)c(Cl)c1. The number of hydrogen-bond donors (Lipinski definition) is 2. The molecule has 106 valence electrons. The predicted molar refractivity (Wildman–Crippen MR) is 88.4 cm³/mol. The van der Waals surface area contributed by atoms with Gasteiger partial charge in [0.2, 0.25) is 0 Å². The highest BCUT2D eigenvalue weighted by Crippen LogP contribution is 2.24. The molecule has 0 saturated heterocycles. The lowest BCUT2D eigenvalue weighted by Crippen LogP contribution is -2.38. The average Bonchev–Trinajstić information content (AvgIpc) is 2.48. The van der Waals surface area contributed by atoms with Crippen LogP contribution in [-0.2, 0) is 6.42 Å². The van der Waals surface area contributed by atoms with E-state index in [1.165, 1.54) is 4.90 Å². The third kappa shape index (κ3) is 4.69. The van der Waals surface area contributed by atoms with Gasteiger partial charge in [-0.1, -0.05) is 47.5 Å². The minimum absolute atomic E-state index is 0.178. The van der Waals surface area contributed by atoms with Gasteiger partial charge in [-0.15, -0.1) is 11.8 Å². The summed E-state index contributed by atoms with van der Waals surface area (Å²) in [6, 6.07) is 16.1. The Bertz CT molecular complexity index is 549. The van der Waals surface area contributed by atoms with Crippen molar-refractivity contribution in [2.24, 2.45) is 5.84 Å². The van der Waals surface area contributed by atoms with Crippen molar-refractivity contribution in [2.75, 3.05) is 5.75 Å². The van der Waals surface area contributed by atoms with Gasteiger partial charge in [0.25, 0.3) is 0 Å². The smallest absolute Gasteiger partial charge is 0.0595 e. The molecule has 5 heteroatoms. The molecule has 0 aliphatic rings. The lowest BCUT2D eigenvalue weighted by molar-refractivity contribution is 0.575. The molecule has 0 bridgehead atoms. The Hall–Kier alpha value is -0.710. The summed E-state index contributed by atoms with van der Waals surface area (Å²) in [5.41, 5.74) is 3.98. The first-order valence-electron chi connectivity index (χ1n) is 6.27. The normalized spacial score (nSPS) is 12.3. The third-order valence-corrected chi connectivity index (χ3v) is 4.81. The molecule has 2 aromatic carbocycles. The Labute approximate surface area is 133 Å². The average molecular weight is 327 g/mol. The number of thioether (sulfide) groups is 1. The maximum atomic E-state index is 6.02. The van der Waals surface area contributed by atoms with Crippen molar-refractivity contribution in [3.05, 3.63) is 64.1 Å². The van der Waals surface area contributed by atoms with E-state index in [2.05, 4.69) is 17.6 Å². The van der Waals surface area contributed by atoms with Crippen molar-refractivity contribution in [3.8, 4) is 0 Å². The highest BCUT2D eigenvalue weighted by Gasteiger charge is 2.09. The quantitative estimate of drug-likeness (QED) is 0.475. The molecule has 2 nitrogen and oxygen atoms in total. The molecule has 0 amide bonds. The van der Waals surface area contributed by atoms with Crippen LogP contribution in [0, 0.1) is 0 Å². The Balaban J connectivity index is 1.93. The minimum atomic E-state index is 0.178. The third-order valence-electron chi connectivity index (χ3n) is 2.90. The van der Waals surface area contributed by atoms with Crippen LogP contribution in [0.4, 0.5) is 0 Å². The van der Waals surface area contributed by atoms with E-state index in [9.17, 15) is 0 Å². The zero-order chi connectivity index (χ0) is 14.4. The lowest BCUT2D eigenvalue weighted by atomic mass is 10.1. The summed E-state index contributed by atoms with van der Waals surface area (Å²) in [5, 5.41) is 1.15. The fraction of sp³-hybridized carbons (Fsp3) is 0.200. The molecule has 2 aromatic rings. The van der Waals surface area contributed by atoms with Crippen molar-refractivity contribution >= 4 is 35.0 Å². The van der Waals surface area contributed by atoms with Crippen molar-refractivity contribution in [3.63, 3.8) is 0 Å². The summed E-state index contributed by atoms with van der Waals surface area (Å²) in [6.07, 6.45) is 0.813. The van der Waals surface area contributed by atoms with E-state index in [-0.39, 0.29) is 6.04 Å². The lowest BCUT2D eigenvalue weighted by Gasteiger charge is -2.16. The van der Waals surface area contributed by atoms with E-state index in [1.54, 1.807) is 11.8 Å². The Morgan fingerprint density at radius 2 is 1.80 bits per heavy atom. The second kappa shape index (κ2) is 7.91. The van der Waals surface area contributed by atoms with Crippen molar-refractivity contribution in [1.29, 1.82) is 0 Å². The first-order chi connectivity index (χ1) is 9.69. The molecule has 0 fully saturated rings. The van der Waals surface area contributed by atoms with Gasteiger partial charge in [-0.05, 0) is 36.2 Å². The molecule has 0 heterocycles. The maximum absolute atomic E-state index is 6.02. The molecule has 0 aliphatic carbocycles. The van der Waals surface area contributed by atoms with Gasteiger partial charge in [0, 0.05) is 16.7 Å². The molecule has 3 N–H and O–H groups in total. The van der Waals surface area contributed by atoms with Gasteiger partial charge in [-0.3, -0.25) is 11.3 Å². The van der Waals surface area contributed by atoms with Crippen molar-refractivity contribution in [1.82, 2.24) is 5.43 Å². The monoisotopic (exact) mass is 326 g/mol. The first-order valence-corrected chi connectivity index (χ1v) is 8.01. The maximum Gasteiger partial charge on any atom is 0.0595 e. The Morgan fingerprint density at radius 1 is 1.05 bits per heavy atom. The molecule has 2 rings (SSSR count). The van der Waals surface area contributed by atoms with Crippen LogP contribution in [0.2, 0.25) is 10.0 Å². The topological polar surface area (TPSA) is 38.0 Å². The largest absolute Gasteiger partial charge is 0.271 e. The molecule has 0 radical (unpaired) electrons. The van der Waals surface area contributed by atoms with Crippen molar-refractivity contribution in [2.45, 2.75) is 17.4 Å². The van der Waals surface area contributed by atoms with E-state index in [1.807, 2.05) is 36.4 Å². The molecular formula is C15H16Cl2N2S. The van der Waals surface area contributed by atoms with Crippen LogP contribution in [0.15, 0.2) is 53.4 Å². The molecular weight excluding hydrogens is 311 g/mol. The number of hydrogen-bond acceptors (Lipinski definition) is 3. The van der Waals surface area contributed by atoms with Gasteiger partial charge in [0.1, 0.15) is 0 Å². The molecule has 1 unspecified atom stereocenters. The summed E-state index contributed by atoms with van der Waals surface area (Å²) in [4.78, 5) is 1.24. The number of halogens is 2. The van der Waals surface area contributed by atoms with Crippen LogP contribution in [0.25, 0.3) is 0 Å². The molecule has 0 aromatic heterocycles.